The molecule has 2 N–H and O–H groups in total. The van der Waals surface area contributed by atoms with Crippen LogP contribution in [0.5, 0.6) is 0 Å². The summed E-state index contributed by atoms with van der Waals surface area (Å²) in [6.07, 6.45) is 2.54. The van der Waals surface area contributed by atoms with Crippen LogP contribution in [0.25, 0.3) is 0 Å². The first kappa shape index (κ1) is 13.1. The maximum absolute atomic E-state index is 6.37. The van der Waals surface area contributed by atoms with Gasteiger partial charge in [-0.15, -0.1) is 0 Å². The van der Waals surface area contributed by atoms with Crippen molar-refractivity contribution in [2.24, 2.45) is 5.73 Å². The van der Waals surface area contributed by atoms with Crippen LogP contribution in [0.4, 0.5) is 5.82 Å². The molecule has 1 aromatic carbocycles. The maximum Gasteiger partial charge on any atom is 0.128 e. The first-order valence-electron chi connectivity index (χ1n) is 7.29. The van der Waals surface area contributed by atoms with Crippen LogP contribution in [0.1, 0.15) is 35.7 Å². The average Bonchev–Trinajstić information content (AvgIpc) is 3.01. The molecule has 1 saturated heterocycles. The maximum atomic E-state index is 6.37. The average molecular weight is 267 g/mol. The van der Waals surface area contributed by atoms with Crippen molar-refractivity contribution in [3.05, 3.63) is 59.3 Å². The third kappa shape index (κ3) is 2.54. The van der Waals surface area contributed by atoms with Crippen LogP contribution >= 0.6 is 0 Å². The molecule has 0 bridgehead atoms. The Balaban J connectivity index is 1.87. The van der Waals surface area contributed by atoms with E-state index in [4.69, 9.17) is 10.7 Å². The van der Waals surface area contributed by atoms with Crippen LogP contribution < -0.4 is 10.6 Å². The molecule has 0 spiro atoms. The molecule has 0 unspecified atom stereocenters. The summed E-state index contributed by atoms with van der Waals surface area (Å²) in [5.74, 6) is 1.09. The minimum absolute atomic E-state index is 0.101. The molecule has 1 atom stereocenters. The lowest BCUT2D eigenvalue weighted by atomic mass is 9.98. The highest BCUT2D eigenvalue weighted by Crippen LogP contribution is 2.25. The van der Waals surface area contributed by atoms with E-state index in [1.165, 1.54) is 12.8 Å². The second kappa shape index (κ2) is 5.63. The molecule has 104 valence electrons. The van der Waals surface area contributed by atoms with E-state index in [0.29, 0.717) is 0 Å². The smallest absolute Gasteiger partial charge is 0.128 e. The van der Waals surface area contributed by atoms with E-state index in [9.17, 15) is 0 Å². The van der Waals surface area contributed by atoms with E-state index in [1.807, 2.05) is 18.2 Å². The Kier molecular flexibility index (Phi) is 3.70. The SMILES string of the molecule is Cc1nc(N2CCCC2)ccc1[C@@H](N)c1ccccc1. The van der Waals surface area contributed by atoms with Gasteiger partial charge >= 0.3 is 0 Å². The van der Waals surface area contributed by atoms with Gasteiger partial charge in [0.1, 0.15) is 5.82 Å². The first-order valence-corrected chi connectivity index (χ1v) is 7.29. The molecule has 1 fully saturated rings. The Morgan fingerprint density at radius 3 is 2.40 bits per heavy atom. The van der Waals surface area contributed by atoms with Crippen molar-refractivity contribution >= 4 is 5.82 Å². The number of aryl methyl sites for hydroxylation is 1. The molecule has 0 aliphatic carbocycles. The van der Waals surface area contributed by atoms with Crippen molar-refractivity contribution in [2.75, 3.05) is 18.0 Å². The van der Waals surface area contributed by atoms with Crippen LogP contribution in [0, 0.1) is 6.92 Å². The zero-order valence-electron chi connectivity index (χ0n) is 11.9. The van der Waals surface area contributed by atoms with Gasteiger partial charge in [-0.1, -0.05) is 36.4 Å². The van der Waals surface area contributed by atoms with Crippen molar-refractivity contribution < 1.29 is 0 Å². The lowest BCUT2D eigenvalue weighted by Gasteiger charge is -2.20. The quantitative estimate of drug-likeness (QED) is 0.929. The van der Waals surface area contributed by atoms with Crippen molar-refractivity contribution in [3.63, 3.8) is 0 Å². The fourth-order valence-electron chi connectivity index (χ4n) is 2.85. The predicted octanol–water partition coefficient (Wildman–Crippen LogP) is 3.04. The van der Waals surface area contributed by atoms with Gasteiger partial charge < -0.3 is 10.6 Å². The number of rotatable bonds is 3. The zero-order chi connectivity index (χ0) is 13.9. The van der Waals surface area contributed by atoms with Crippen molar-refractivity contribution in [1.29, 1.82) is 0 Å². The number of hydrogen-bond acceptors (Lipinski definition) is 3. The molecule has 1 aromatic heterocycles. The fourth-order valence-corrected chi connectivity index (χ4v) is 2.85. The van der Waals surface area contributed by atoms with E-state index in [2.05, 4.69) is 36.1 Å². The second-order valence-electron chi connectivity index (χ2n) is 5.43. The molecule has 20 heavy (non-hydrogen) atoms. The Morgan fingerprint density at radius 2 is 1.75 bits per heavy atom. The Morgan fingerprint density at radius 1 is 1.05 bits per heavy atom. The Labute approximate surface area is 120 Å². The summed E-state index contributed by atoms with van der Waals surface area (Å²) in [6.45, 7) is 4.30. The molecule has 2 heterocycles. The number of anilines is 1. The standard InChI is InChI=1S/C17H21N3/c1-13-15(17(18)14-7-3-2-4-8-14)9-10-16(19-13)20-11-5-6-12-20/h2-4,7-10,17H,5-6,11-12,18H2,1H3/t17-/m0/s1. The van der Waals surface area contributed by atoms with Crippen LogP contribution in [0.15, 0.2) is 42.5 Å². The lowest BCUT2D eigenvalue weighted by molar-refractivity contribution is 0.839. The van der Waals surface area contributed by atoms with Gasteiger partial charge in [0.05, 0.1) is 6.04 Å². The van der Waals surface area contributed by atoms with Crippen LogP contribution in [-0.4, -0.2) is 18.1 Å². The lowest BCUT2D eigenvalue weighted by Crippen LogP contribution is -2.20. The Bertz CT molecular complexity index is 574. The number of pyridine rings is 1. The summed E-state index contributed by atoms with van der Waals surface area (Å²) in [5.41, 5.74) is 9.64. The summed E-state index contributed by atoms with van der Waals surface area (Å²) in [4.78, 5) is 7.10. The molecule has 1 aliphatic heterocycles. The van der Waals surface area contributed by atoms with Gasteiger partial charge in [-0.3, -0.25) is 0 Å². The summed E-state index contributed by atoms with van der Waals surface area (Å²) in [6, 6.07) is 14.3. The second-order valence-corrected chi connectivity index (χ2v) is 5.43. The van der Waals surface area contributed by atoms with E-state index >= 15 is 0 Å². The van der Waals surface area contributed by atoms with Gasteiger partial charge in [0.2, 0.25) is 0 Å². The highest BCUT2D eigenvalue weighted by atomic mass is 15.2. The minimum Gasteiger partial charge on any atom is -0.357 e. The molecule has 0 amide bonds. The fraction of sp³-hybridized carbons (Fsp3) is 0.353. The molecular weight excluding hydrogens is 246 g/mol. The van der Waals surface area contributed by atoms with E-state index in [-0.39, 0.29) is 6.04 Å². The summed E-state index contributed by atoms with van der Waals surface area (Å²) >= 11 is 0. The molecular formula is C17H21N3. The van der Waals surface area contributed by atoms with E-state index < -0.39 is 0 Å². The van der Waals surface area contributed by atoms with E-state index in [0.717, 1.165) is 35.7 Å². The van der Waals surface area contributed by atoms with Gasteiger partial charge in [0.25, 0.3) is 0 Å². The van der Waals surface area contributed by atoms with Crippen molar-refractivity contribution in [1.82, 2.24) is 4.98 Å². The Hall–Kier alpha value is -1.87. The summed E-state index contributed by atoms with van der Waals surface area (Å²) < 4.78 is 0. The van der Waals surface area contributed by atoms with Gasteiger partial charge in [0.15, 0.2) is 0 Å². The first-order chi connectivity index (χ1) is 9.75. The van der Waals surface area contributed by atoms with Gasteiger partial charge in [-0.25, -0.2) is 4.98 Å². The minimum atomic E-state index is -0.101. The summed E-state index contributed by atoms with van der Waals surface area (Å²) in [5, 5.41) is 0. The number of benzene rings is 1. The van der Waals surface area contributed by atoms with Gasteiger partial charge in [0, 0.05) is 18.8 Å². The zero-order valence-corrected chi connectivity index (χ0v) is 11.9. The number of nitrogens with two attached hydrogens (primary N) is 1. The predicted molar refractivity (Wildman–Crippen MR) is 82.9 cm³/mol. The van der Waals surface area contributed by atoms with Crippen molar-refractivity contribution in [3.8, 4) is 0 Å². The van der Waals surface area contributed by atoms with Crippen molar-refractivity contribution in [2.45, 2.75) is 25.8 Å². The highest BCUT2D eigenvalue weighted by Gasteiger charge is 2.16. The monoisotopic (exact) mass is 267 g/mol. The van der Waals surface area contributed by atoms with Crippen LogP contribution in [0.3, 0.4) is 0 Å². The number of nitrogens with zero attached hydrogens (tertiary/aromatic N) is 2. The van der Waals surface area contributed by atoms with Crippen LogP contribution in [0.2, 0.25) is 0 Å². The number of hydrogen-bond donors (Lipinski definition) is 1. The molecule has 0 saturated carbocycles. The molecule has 3 rings (SSSR count). The molecule has 1 aliphatic rings. The highest BCUT2D eigenvalue weighted by molar-refractivity contribution is 5.44. The molecule has 3 heteroatoms. The third-order valence-electron chi connectivity index (χ3n) is 4.04. The number of aromatic nitrogens is 1. The van der Waals surface area contributed by atoms with Gasteiger partial charge in [-0.2, -0.15) is 0 Å². The molecule has 0 radical (unpaired) electrons. The molecule has 3 nitrogen and oxygen atoms in total. The van der Waals surface area contributed by atoms with E-state index in [1.54, 1.807) is 0 Å². The largest absolute Gasteiger partial charge is 0.357 e. The topological polar surface area (TPSA) is 42.2 Å². The summed E-state index contributed by atoms with van der Waals surface area (Å²) in [7, 11) is 0. The molecule has 2 aromatic rings. The van der Waals surface area contributed by atoms with Crippen LogP contribution in [-0.2, 0) is 0 Å². The normalized spacial score (nSPS) is 16.4. The third-order valence-corrected chi connectivity index (χ3v) is 4.04. The van der Waals surface area contributed by atoms with Gasteiger partial charge in [-0.05, 0) is 37.0 Å².